The summed E-state index contributed by atoms with van der Waals surface area (Å²) in [6.07, 6.45) is -4.48. The van der Waals surface area contributed by atoms with Crippen LogP contribution in [0.15, 0.2) is 18.2 Å². The molecule has 0 aliphatic heterocycles. The summed E-state index contributed by atoms with van der Waals surface area (Å²) in [6, 6.07) is 3.53. The Bertz CT molecular complexity index is 406. The fourth-order valence-corrected chi connectivity index (χ4v) is 1.39. The molecule has 0 aromatic heterocycles. The monoisotopic (exact) mass is 268 g/mol. The van der Waals surface area contributed by atoms with Crippen LogP contribution < -0.4 is 10.6 Å². The molecule has 0 unspecified atom stereocenters. The van der Waals surface area contributed by atoms with Crippen LogP contribution >= 0.6 is 23.8 Å². The van der Waals surface area contributed by atoms with Crippen molar-refractivity contribution in [3.63, 3.8) is 0 Å². The van der Waals surface area contributed by atoms with Gasteiger partial charge in [-0.2, -0.15) is 13.2 Å². The van der Waals surface area contributed by atoms with Gasteiger partial charge in [0.15, 0.2) is 5.11 Å². The highest BCUT2D eigenvalue weighted by molar-refractivity contribution is 7.80. The van der Waals surface area contributed by atoms with Crippen LogP contribution in [-0.4, -0.2) is 12.2 Å². The Labute approximate surface area is 101 Å². The van der Waals surface area contributed by atoms with Gasteiger partial charge in [0.05, 0.1) is 16.3 Å². The molecule has 0 aliphatic rings. The van der Waals surface area contributed by atoms with Gasteiger partial charge in [-0.25, -0.2) is 0 Å². The first-order chi connectivity index (χ1) is 7.36. The van der Waals surface area contributed by atoms with E-state index in [-0.39, 0.29) is 15.8 Å². The molecule has 0 spiro atoms. The summed E-state index contributed by atoms with van der Waals surface area (Å²) >= 11 is 10.4. The number of hydrogen-bond donors (Lipinski definition) is 2. The molecule has 7 heteroatoms. The van der Waals surface area contributed by atoms with Gasteiger partial charge in [0, 0.05) is 7.05 Å². The maximum atomic E-state index is 12.6. The third-order valence-electron chi connectivity index (χ3n) is 1.78. The normalized spacial score (nSPS) is 11.1. The lowest BCUT2D eigenvalue weighted by atomic mass is 10.1. The van der Waals surface area contributed by atoms with Crippen LogP contribution in [0, 0.1) is 0 Å². The number of para-hydroxylation sites is 1. The molecule has 0 radical (unpaired) electrons. The third kappa shape index (κ3) is 2.99. The predicted octanol–water partition coefficient (Wildman–Crippen LogP) is 3.28. The van der Waals surface area contributed by atoms with E-state index in [0.717, 1.165) is 6.07 Å². The first-order valence-electron chi connectivity index (χ1n) is 4.20. The zero-order valence-electron chi connectivity index (χ0n) is 8.15. The summed E-state index contributed by atoms with van der Waals surface area (Å²) in [5.74, 6) is 0. The molecular weight excluding hydrogens is 261 g/mol. The van der Waals surface area contributed by atoms with E-state index in [1.165, 1.54) is 19.2 Å². The van der Waals surface area contributed by atoms with Gasteiger partial charge in [-0.3, -0.25) is 0 Å². The number of thiocarbonyl (C=S) groups is 1. The SMILES string of the molecule is CNC(=S)Nc1c(Cl)cccc1C(F)(F)F. The molecule has 0 bridgehead atoms. The maximum absolute atomic E-state index is 12.6. The second kappa shape index (κ2) is 4.88. The topological polar surface area (TPSA) is 24.1 Å². The molecule has 2 N–H and O–H groups in total. The van der Waals surface area contributed by atoms with E-state index in [0.29, 0.717) is 0 Å². The van der Waals surface area contributed by atoms with Crippen molar-refractivity contribution in [2.24, 2.45) is 0 Å². The van der Waals surface area contributed by atoms with Gasteiger partial charge in [-0.15, -0.1) is 0 Å². The van der Waals surface area contributed by atoms with Crippen molar-refractivity contribution in [3.8, 4) is 0 Å². The highest BCUT2D eigenvalue weighted by Gasteiger charge is 2.34. The van der Waals surface area contributed by atoms with Gasteiger partial charge in [-0.05, 0) is 24.4 Å². The van der Waals surface area contributed by atoms with Gasteiger partial charge in [-0.1, -0.05) is 17.7 Å². The van der Waals surface area contributed by atoms with Gasteiger partial charge >= 0.3 is 6.18 Å². The van der Waals surface area contributed by atoms with E-state index < -0.39 is 11.7 Å². The van der Waals surface area contributed by atoms with Crippen molar-refractivity contribution in [1.29, 1.82) is 0 Å². The lowest BCUT2D eigenvalue weighted by molar-refractivity contribution is -0.136. The standard InChI is InChI=1S/C9H8ClF3N2S/c1-14-8(16)15-7-5(9(11,12)13)3-2-4-6(7)10/h2-4H,1H3,(H2,14,15,16). The second-order valence-corrected chi connectivity index (χ2v) is 3.68. The summed E-state index contributed by atoms with van der Waals surface area (Å²) in [6.45, 7) is 0. The summed E-state index contributed by atoms with van der Waals surface area (Å²) in [4.78, 5) is 0. The van der Waals surface area contributed by atoms with Crippen LogP contribution in [0.3, 0.4) is 0 Å². The largest absolute Gasteiger partial charge is 0.418 e. The number of rotatable bonds is 1. The van der Waals surface area contributed by atoms with Gasteiger partial charge < -0.3 is 10.6 Å². The average molecular weight is 269 g/mol. The second-order valence-electron chi connectivity index (χ2n) is 2.86. The van der Waals surface area contributed by atoms with Gasteiger partial charge in [0.25, 0.3) is 0 Å². The fourth-order valence-electron chi connectivity index (χ4n) is 1.06. The van der Waals surface area contributed by atoms with Crippen LogP contribution in [0.25, 0.3) is 0 Å². The first-order valence-corrected chi connectivity index (χ1v) is 4.99. The van der Waals surface area contributed by atoms with Crippen molar-refractivity contribution in [2.75, 3.05) is 12.4 Å². The summed E-state index contributed by atoms with van der Waals surface area (Å²) in [5.41, 5.74) is -1.09. The Balaban J connectivity index is 3.19. The quantitative estimate of drug-likeness (QED) is 0.765. The van der Waals surface area contributed by atoms with Crippen molar-refractivity contribution in [2.45, 2.75) is 6.18 Å². The summed E-state index contributed by atoms with van der Waals surface area (Å²) in [7, 11) is 1.50. The van der Waals surface area contributed by atoms with E-state index in [2.05, 4.69) is 10.6 Å². The molecule has 0 saturated heterocycles. The van der Waals surface area contributed by atoms with Gasteiger partial charge in [0.2, 0.25) is 0 Å². The molecule has 16 heavy (non-hydrogen) atoms. The highest BCUT2D eigenvalue weighted by Crippen LogP contribution is 2.38. The van der Waals surface area contributed by atoms with Crippen LogP contribution in [0.4, 0.5) is 18.9 Å². The molecule has 0 fully saturated rings. The molecule has 0 aliphatic carbocycles. The molecule has 2 nitrogen and oxygen atoms in total. The van der Waals surface area contributed by atoms with Crippen LogP contribution in [0.2, 0.25) is 5.02 Å². The van der Waals surface area contributed by atoms with E-state index in [9.17, 15) is 13.2 Å². The molecule has 0 amide bonds. The first kappa shape index (κ1) is 13.1. The van der Waals surface area contributed by atoms with Crippen LogP contribution in [0.1, 0.15) is 5.56 Å². The number of hydrogen-bond acceptors (Lipinski definition) is 1. The van der Waals surface area contributed by atoms with Crippen LogP contribution in [0.5, 0.6) is 0 Å². The molecule has 0 saturated carbocycles. The molecule has 1 rings (SSSR count). The minimum absolute atomic E-state index is 0.0348. The Hall–Kier alpha value is -1.01. The smallest absolute Gasteiger partial charge is 0.366 e. The summed E-state index contributed by atoms with van der Waals surface area (Å²) < 4.78 is 37.9. The van der Waals surface area contributed by atoms with E-state index in [1.807, 2.05) is 0 Å². The van der Waals surface area contributed by atoms with E-state index in [4.69, 9.17) is 23.8 Å². The average Bonchev–Trinajstić information content (AvgIpc) is 2.19. The maximum Gasteiger partial charge on any atom is 0.418 e. The molecule has 88 valence electrons. The number of benzene rings is 1. The zero-order valence-corrected chi connectivity index (χ0v) is 9.72. The fraction of sp³-hybridized carbons (Fsp3) is 0.222. The molecule has 1 aromatic carbocycles. The predicted molar refractivity (Wildman–Crippen MR) is 61.7 cm³/mol. The lowest BCUT2D eigenvalue weighted by Gasteiger charge is -2.15. The Morgan fingerprint density at radius 2 is 2.00 bits per heavy atom. The van der Waals surface area contributed by atoms with Crippen molar-refractivity contribution < 1.29 is 13.2 Å². The Morgan fingerprint density at radius 1 is 1.38 bits per heavy atom. The molecule has 0 atom stereocenters. The van der Waals surface area contributed by atoms with Gasteiger partial charge in [0.1, 0.15) is 0 Å². The lowest BCUT2D eigenvalue weighted by Crippen LogP contribution is -2.26. The molecule has 0 heterocycles. The minimum Gasteiger partial charge on any atom is -0.366 e. The van der Waals surface area contributed by atoms with E-state index >= 15 is 0 Å². The third-order valence-corrected chi connectivity index (χ3v) is 2.41. The van der Waals surface area contributed by atoms with E-state index in [1.54, 1.807) is 0 Å². The number of anilines is 1. The Kier molecular flexibility index (Phi) is 3.98. The van der Waals surface area contributed by atoms with Crippen molar-refractivity contribution >= 4 is 34.6 Å². The summed E-state index contributed by atoms with van der Waals surface area (Å²) in [5, 5.41) is 4.95. The van der Waals surface area contributed by atoms with Crippen molar-refractivity contribution in [1.82, 2.24) is 5.32 Å². The Morgan fingerprint density at radius 3 is 2.50 bits per heavy atom. The number of nitrogens with one attached hydrogen (secondary N) is 2. The zero-order chi connectivity index (χ0) is 12.3. The molecule has 1 aromatic rings. The van der Waals surface area contributed by atoms with Crippen molar-refractivity contribution in [3.05, 3.63) is 28.8 Å². The molecular formula is C9H8ClF3N2S. The minimum atomic E-state index is -4.48. The highest BCUT2D eigenvalue weighted by atomic mass is 35.5. The van der Waals surface area contributed by atoms with Crippen LogP contribution in [-0.2, 0) is 6.18 Å². The number of alkyl halides is 3. The number of halogens is 4.